The Morgan fingerprint density at radius 3 is 2.28 bits per heavy atom. The summed E-state index contributed by atoms with van der Waals surface area (Å²) in [5.74, 6) is 0. The number of amides is 2. The third-order valence-electron chi connectivity index (χ3n) is 2.34. The summed E-state index contributed by atoms with van der Waals surface area (Å²) in [4.78, 5) is 15.8. The van der Waals surface area contributed by atoms with Gasteiger partial charge in [-0.2, -0.15) is 0 Å². The molecule has 0 bridgehead atoms. The van der Waals surface area contributed by atoms with E-state index in [9.17, 15) is 4.79 Å². The van der Waals surface area contributed by atoms with Gasteiger partial charge in [0.2, 0.25) is 0 Å². The van der Waals surface area contributed by atoms with Gasteiger partial charge in [0.1, 0.15) is 0 Å². The number of hydrogen-bond donors (Lipinski definition) is 3. The second-order valence-corrected chi connectivity index (χ2v) is 3.89. The van der Waals surface area contributed by atoms with Crippen LogP contribution in [0.25, 0.3) is 0 Å². The van der Waals surface area contributed by atoms with E-state index in [2.05, 4.69) is 15.6 Å². The van der Waals surface area contributed by atoms with Crippen molar-refractivity contribution in [1.82, 2.24) is 4.98 Å². The molecule has 1 aromatic heterocycles. The molecule has 0 atom stereocenters. The molecule has 2 rings (SSSR count). The van der Waals surface area contributed by atoms with E-state index in [4.69, 9.17) is 5.73 Å². The number of urea groups is 1. The molecule has 18 heavy (non-hydrogen) atoms. The van der Waals surface area contributed by atoms with E-state index in [1.165, 1.54) is 0 Å². The zero-order valence-corrected chi connectivity index (χ0v) is 9.97. The monoisotopic (exact) mass is 242 g/mol. The predicted molar refractivity (Wildman–Crippen MR) is 72.5 cm³/mol. The second kappa shape index (κ2) is 5.18. The quantitative estimate of drug-likeness (QED) is 0.708. The van der Waals surface area contributed by atoms with Gasteiger partial charge in [-0.05, 0) is 43.3 Å². The number of hydrogen-bond acceptors (Lipinski definition) is 3. The van der Waals surface area contributed by atoms with Gasteiger partial charge < -0.3 is 16.4 Å². The molecule has 92 valence electrons. The van der Waals surface area contributed by atoms with E-state index >= 15 is 0 Å². The van der Waals surface area contributed by atoms with Crippen molar-refractivity contribution in [1.29, 1.82) is 0 Å². The number of nitrogen functional groups attached to an aromatic ring is 1. The molecule has 0 radical (unpaired) electrons. The Morgan fingerprint density at radius 2 is 1.67 bits per heavy atom. The fourth-order valence-electron chi connectivity index (χ4n) is 1.40. The maximum atomic E-state index is 11.7. The number of pyridine rings is 1. The lowest BCUT2D eigenvalue weighted by Gasteiger charge is -2.07. The molecule has 5 heteroatoms. The first-order valence-electron chi connectivity index (χ1n) is 5.50. The molecule has 0 spiro atoms. The molecule has 4 N–H and O–H groups in total. The Kier molecular flexibility index (Phi) is 3.43. The van der Waals surface area contributed by atoms with Crippen molar-refractivity contribution in [3.8, 4) is 0 Å². The van der Waals surface area contributed by atoms with E-state index < -0.39 is 0 Å². The minimum Gasteiger partial charge on any atom is -0.399 e. The molecular formula is C13H14N4O. The minimum atomic E-state index is -0.314. The van der Waals surface area contributed by atoms with Crippen molar-refractivity contribution in [2.45, 2.75) is 6.92 Å². The van der Waals surface area contributed by atoms with Crippen LogP contribution in [0, 0.1) is 6.92 Å². The number of nitrogens with one attached hydrogen (secondary N) is 2. The summed E-state index contributed by atoms with van der Waals surface area (Å²) in [7, 11) is 0. The van der Waals surface area contributed by atoms with Gasteiger partial charge in [-0.3, -0.25) is 4.98 Å². The van der Waals surface area contributed by atoms with Gasteiger partial charge in [0.25, 0.3) is 0 Å². The Balaban J connectivity index is 1.96. The van der Waals surface area contributed by atoms with Gasteiger partial charge in [-0.1, -0.05) is 0 Å². The molecule has 1 heterocycles. The number of nitrogens with zero attached hydrogens (tertiary/aromatic N) is 1. The van der Waals surface area contributed by atoms with Crippen LogP contribution in [0.15, 0.2) is 42.6 Å². The Hall–Kier alpha value is -2.56. The van der Waals surface area contributed by atoms with Gasteiger partial charge in [0, 0.05) is 17.1 Å². The van der Waals surface area contributed by atoms with Gasteiger partial charge in [0.05, 0.1) is 11.9 Å². The van der Waals surface area contributed by atoms with Gasteiger partial charge >= 0.3 is 6.03 Å². The van der Waals surface area contributed by atoms with E-state index in [0.717, 1.165) is 5.69 Å². The summed E-state index contributed by atoms with van der Waals surface area (Å²) in [6.07, 6.45) is 1.61. The molecule has 0 saturated carbocycles. The fourth-order valence-corrected chi connectivity index (χ4v) is 1.40. The van der Waals surface area contributed by atoms with Crippen LogP contribution in [0.5, 0.6) is 0 Å². The highest BCUT2D eigenvalue weighted by Crippen LogP contribution is 2.11. The van der Waals surface area contributed by atoms with Crippen LogP contribution < -0.4 is 16.4 Å². The standard InChI is InChI=1S/C13H14N4O/c1-9-2-5-12(8-15-9)17-13(18)16-11-6-3-10(14)4-7-11/h2-8H,14H2,1H3,(H2,16,17,18). The zero-order chi connectivity index (χ0) is 13.0. The maximum absolute atomic E-state index is 11.7. The summed E-state index contributed by atoms with van der Waals surface area (Å²) in [5.41, 5.74) is 8.45. The number of benzene rings is 1. The summed E-state index contributed by atoms with van der Waals surface area (Å²) in [6.45, 7) is 1.89. The largest absolute Gasteiger partial charge is 0.399 e. The fraction of sp³-hybridized carbons (Fsp3) is 0.0769. The van der Waals surface area contributed by atoms with Gasteiger partial charge in [-0.15, -0.1) is 0 Å². The van der Waals surface area contributed by atoms with E-state index in [0.29, 0.717) is 17.1 Å². The molecule has 0 saturated heterocycles. The molecule has 0 aliphatic heterocycles. The van der Waals surface area contributed by atoms with Crippen LogP contribution in [-0.2, 0) is 0 Å². The Morgan fingerprint density at radius 1 is 1.06 bits per heavy atom. The Labute approximate surface area is 105 Å². The van der Waals surface area contributed by atoms with Crippen molar-refractivity contribution in [3.05, 3.63) is 48.3 Å². The normalized spacial score (nSPS) is 9.83. The van der Waals surface area contributed by atoms with Gasteiger partial charge in [0.15, 0.2) is 0 Å². The average Bonchev–Trinajstić information content (AvgIpc) is 2.35. The maximum Gasteiger partial charge on any atom is 0.323 e. The Bertz CT molecular complexity index is 484. The highest BCUT2D eigenvalue weighted by atomic mass is 16.2. The van der Waals surface area contributed by atoms with Crippen LogP contribution in [0.4, 0.5) is 21.9 Å². The molecular weight excluding hydrogens is 228 g/mol. The van der Waals surface area contributed by atoms with Gasteiger partial charge in [-0.25, -0.2) is 4.79 Å². The summed E-state index contributed by atoms with van der Waals surface area (Å²) in [6, 6.07) is 10.2. The minimum absolute atomic E-state index is 0.314. The van der Waals surface area contributed by atoms with Crippen molar-refractivity contribution < 1.29 is 4.79 Å². The van der Waals surface area contributed by atoms with Crippen LogP contribution in [0.2, 0.25) is 0 Å². The highest BCUT2D eigenvalue weighted by Gasteiger charge is 2.02. The topological polar surface area (TPSA) is 80.0 Å². The number of aryl methyl sites for hydroxylation is 1. The van der Waals surface area contributed by atoms with E-state index in [1.807, 2.05) is 13.0 Å². The first-order chi connectivity index (χ1) is 8.63. The lowest BCUT2D eigenvalue weighted by atomic mass is 10.3. The zero-order valence-electron chi connectivity index (χ0n) is 9.97. The number of nitrogens with two attached hydrogens (primary N) is 1. The third kappa shape index (κ3) is 3.21. The van der Waals surface area contributed by atoms with E-state index in [1.54, 1.807) is 36.5 Å². The lowest BCUT2D eigenvalue weighted by molar-refractivity contribution is 0.262. The summed E-state index contributed by atoms with van der Waals surface area (Å²) >= 11 is 0. The molecule has 0 aliphatic rings. The van der Waals surface area contributed by atoms with Crippen molar-refractivity contribution in [2.24, 2.45) is 0 Å². The molecule has 1 aromatic carbocycles. The highest BCUT2D eigenvalue weighted by molar-refractivity contribution is 5.99. The smallest absolute Gasteiger partial charge is 0.323 e. The molecule has 0 unspecified atom stereocenters. The number of carbonyl (C=O) groups excluding carboxylic acids is 1. The first-order valence-corrected chi connectivity index (χ1v) is 5.50. The van der Waals surface area contributed by atoms with E-state index in [-0.39, 0.29) is 6.03 Å². The molecule has 0 aliphatic carbocycles. The number of anilines is 3. The van der Waals surface area contributed by atoms with Crippen molar-refractivity contribution >= 4 is 23.1 Å². The lowest BCUT2D eigenvalue weighted by Crippen LogP contribution is -2.19. The second-order valence-electron chi connectivity index (χ2n) is 3.89. The molecule has 0 fully saturated rings. The average molecular weight is 242 g/mol. The van der Waals surface area contributed by atoms with Crippen molar-refractivity contribution in [3.63, 3.8) is 0 Å². The van der Waals surface area contributed by atoms with Crippen LogP contribution in [-0.4, -0.2) is 11.0 Å². The van der Waals surface area contributed by atoms with Crippen molar-refractivity contribution in [2.75, 3.05) is 16.4 Å². The number of carbonyl (C=O) groups is 1. The molecule has 5 nitrogen and oxygen atoms in total. The summed E-state index contributed by atoms with van der Waals surface area (Å²) in [5, 5.41) is 5.39. The number of aromatic nitrogens is 1. The third-order valence-corrected chi connectivity index (χ3v) is 2.34. The first kappa shape index (κ1) is 11.9. The van der Waals surface area contributed by atoms with Crippen LogP contribution in [0.1, 0.15) is 5.69 Å². The predicted octanol–water partition coefficient (Wildman–Crippen LogP) is 2.62. The van der Waals surface area contributed by atoms with Crippen LogP contribution in [0.3, 0.4) is 0 Å². The molecule has 2 amide bonds. The summed E-state index contributed by atoms with van der Waals surface area (Å²) < 4.78 is 0. The number of rotatable bonds is 2. The molecule has 2 aromatic rings. The van der Waals surface area contributed by atoms with Crippen LogP contribution >= 0.6 is 0 Å². The SMILES string of the molecule is Cc1ccc(NC(=O)Nc2ccc(N)cc2)cn1.